The van der Waals surface area contributed by atoms with E-state index < -0.39 is 0 Å². The molecule has 1 aliphatic rings. The highest BCUT2D eigenvalue weighted by atomic mass is 19.1. The Morgan fingerprint density at radius 1 is 1.15 bits per heavy atom. The number of halogens is 1. The van der Waals surface area contributed by atoms with Crippen molar-refractivity contribution in [1.29, 1.82) is 0 Å². The van der Waals surface area contributed by atoms with Crippen LogP contribution in [0.4, 0.5) is 4.39 Å². The Bertz CT molecular complexity index is 889. The van der Waals surface area contributed by atoms with Crippen molar-refractivity contribution in [3.63, 3.8) is 0 Å². The molecule has 26 heavy (non-hydrogen) atoms. The number of amides is 1. The number of nitrogens with one attached hydrogen (secondary N) is 1. The second-order valence-electron chi connectivity index (χ2n) is 6.77. The number of carbonyl (C=O) groups excluding carboxylic acids is 1. The van der Waals surface area contributed by atoms with E-state index in [1.165, 1.54) is 17.7 Å². The average molecular weight is 349 g/mol. The number of likely N-dealkylation sites (tertiary alicyclic amines) is 1. The number of H-pyrrole nitrogens is 1. The number of aromatic nitrogens is 2. The van der Waals surface area contributed by atoms with Gasteiger partial charge in [0.25, 0.3) is 5.91 Å². The molecule has 2 aromatic carbocycles. The number of rotatable bonds is 4. The number of benzene rings is 2. The summed E-state index contributed by atoms with van der Waals surface area (Å²) >= 11 is 0. The molecule has 0 bridgehead atoms. The third-order valence-electron chi connectivity index (χ3n) is 4.89. The van der Waals surface area contributed by atoms with Gasteiger partial charge in [0.05, 0.1) is 5.69 Å². The molecule has 3 aromatic rings. The lowest BCUT2D eigenvalue weighted by Gasteiger charge is -2.15. The van der Waals surface area contributed by atoms with Crippen molar-refractivity contribution >= 4 is 5.91 Å². The third-order valence-corrected chi connectivity index (χ3v) is 4.89. The van der Waals surface area contributed by atoms with Crippen LogP contribution in [0, 0.1) is 11.7 Å². The Morgan fingerprint density at radius 3 is 2.69 bits per heavy atom. The Balaban J connectivity index is 1.41. The molecule has 5 heteroatoms. The van der Waals surface area contributed by atoms with Crippen LogP contribution in [-0.2, 0) is 6.42 Å². The summed E-state index contributed by atoms with van der Waals surface area (Å²) in [5, 5.41) is 7.03. The molecule has 0 saturated carbocycles. The molecule has 1 N–H and O–H groups in total. The normalized spacial score (nSPS) is 16.8. The number of hydrogen-bond acceptors (Lipinski definition) is 2. The summed E-state index contributed by atoms with van der Waals surface area (Å²) in [6.45, 7) is 1.53. The van der Waals surface area contributed by atoms with Crippen LogP contribution >= 0.6 is 0 Å². The summed E-state index contributed by atoms with van der Waals surface area (Å²) < 4.78 is 13.0. The van der Waals surface area contributed by atoms with Crippen molar-refractivity contribution in [1.82, 2.24) is 15.1 Å². The molecule has 0 radical (unpaired) electrons. The fourth-order valence-electron chi connectivity index (χ4n) is 3.50. The third kappa shape index (κ3) is 3.52. The summed E-state index contributed by atoms with van der Waals surface area (Å²) in [7, 11) is 0. The van der Waals surface area contributed by atoms with Crippen LogP contribution in [0.1, 0.15) is 22.5 Å². The molecule has 1 fully saturated rings. The lowest BCUT2D eigenvalue weighted by molar-refractivity contribution is 0.0781. The van der Waals surface area contributed by atoms with Gasteiger partial charge in [0.2, 0.25) is 0 Å². The number of nitrogens with zero attached hydrogens (tertiary/aromatic N) is 2. The molecular weight excluding hydrogens is 329 g/mol. The topological polar surface area (TPSA) is 49.0 Å². The molecule has 2 heterocycles. The van der Waals surface area contributed by atoms with Crippen LogP contribution < -0.4 is 0 Å². The minimum absolute atomic E-state index is 0.0265. The monoisotopic (exact) mass is 349 g/mol. The van der Waals surface area contributed by atoms with Gasteiger partial charge in [-0.3, -0.25) is 9.89 Å². The minimum Gasteiger partial charge on any atom is -0.337 e. The van der Waals surface area contributed by atoms with Crippen LogP contribution in [0.25, 0.3) is 11.3 Å². The van der Waals surface area contributed by atoms with Gasteiger partial charge >= 0.3 is 0 Å². The van der Waals surface area contributed by atoms with E-state index in [9.17, 15) is 9.18 Å². The predicted octanol–water partition coefficient (Wildman–Crippen LogP) is 3.92. The van der Waals surface area contributed by atoms with Crippen LogP contribution in [0.2, 0.25) is 0 Å². The maximum Gasteiger partial charge on any atom is 0.271 e. The van der Waals surface area contributed by atoms with Gasteiger partial charge in [-0.1, -0.05) is 30.3 Å². The first-order chi connectivity index (χ1) is 12.7. The molecule has 4 nitrogen and oxygen atoms in total. The summed E-state index contributed by atoms with van der Waals surface area (Å²) in [6, 6.07) is 18.2. The van der Waals surface area contributed by atoms with Crippen molar-refractivity contribution < 1.29 is 9.18 Å². The first-order valence-electron chi connectivity index (χ1n) is 8.83. The zero-order chi connectivity index (χ0) is 17.9. The molecule has 1 saturated heterocycles. The molecule has 1 aliphatic heterocycles. The second kappa shape index (κ2) is 7.12. The van der Waals surface area contributed by atoms with Crippen molar-refractivity contribution in [2.75, 3.05) is 13.1 Å². The summed E-state index contributed by atoms with van der Waals surface area (Å²) in [6.07, 6.45) is 2.01. The minimum atomic E-state index is -0.290. The number of aromatic amines is 1. The summed E-state index contributed by atoms with van der Waals surface area (Å²) in [5.74, 6) is 0.171. The molecule has 0 spiro atoms. The maximum absolute atomic E-state index is 13.0. The van der Waals surface area contributed by atoms with E-state index in [4.69, 9.17) is 0 Å². The van der Waals surface area contributed by atoms with Crippen LogP contribution in [0.5, 0.6) is 0 Å². The van der Waals surface area contributed by atoms with E-state index in [2.05, 4.69) is 34.5 Å². The SMILES string of the molecule is O=C(c1cc(-c2ccc(F)cc2)n[nH]1)N1CCC(Cc2ccccc2)C1. The van der Waals surface area contributed by atoms with E-state index in [-0.39, 0.29) is 11.7 Å². The van der Waals surface area contributed by atoms with Gasteiger partial charge in [0.1, 0.15) is 11.5 Å². The van der Waals surface area contributed by atoms with Gasteiger partial charge in [-0.15, -0.1) is 0 Å². The molecule has 4 rings (SSSR count). The van der Waals surface area contributed by atoms with Crippen molar-refractivity contribution in [2.45, 2.75) is 12.8 Å². The van der Waals surface area contributed by atoms with Crippen LogP contribution in [0.3, 0.4) is 0 Å². The van der Waals surface area contributed by atoms with E-state index >= 15 is 0 Å². The van der Waals surface area contributed by atoms with Gasteiger partial charge in [0, 0.05) is 18.7 Å². The molecule has 1 aromatic heterocycles. The fourth-order valence-corrected chi connectivity index (χ4v) is 3.50. The summed E-state index contributed by atoms with van der Waals surface area (Å²) in [5.41, 5.74) is 3.22. The van der Waals surface area contributed by atoms with Crippen LogP contribution in [0.15, 0.2) is 60.7 Å². The Hall–Kier alpha value is -2.95. The van der Waals surface area contributed by atoms with E-state index in [0.717, 1.165) is 31.5 Å². The van der Waals surface area contributed by atoms with E-state index in [0.29, 0.717) is 17.3 Å². The van der Waals surface area contributed by atoms with Gasteiger partial charge in [-0.25, -0.2) is 4.39 Å². The maximum atomic E-state index is 13.0. The van der Waals surface area contributed by atoms with Crippen LogP contribution in [-0.4, -0.2) is 34.1 Å². The van der Waals surface area contributed by atoms with Gasteiger partial charge < -0.3 is 4.90 Å². The first-order valence-corrected chi connectivity index (χ1v) is 8.83. The molecule has 0 aliphatic carbocycles. The molecule has 1 amide bonds. The van der Waals surface area contributed by atoms with Gasteiger partial charge in [-0.05, 0) is 54.7 Å². The highest BCUT2D eigenvalue weighted by Crippen LogP contribution is 2.24. The fraction of sp³-hybridized carbons (Fsp3) is 0.238. The van der Waals surface area contributed by atoms with Gasteiger partial charge in [-0.2, -0.15) is 5.10 Å². The molecule has 1 atom stereocenters. The largest absolute Gasteiger partial charge is 0.337 e. The Morgan fingerprint density at radius 2 is 1.92 bits per heavy atom. The van der Waals surface area contributed by atoms with Crippen molar-refractivity contribution in [3.8, 4) is 11.3 Å². The standard InChI is InChI=1S/C21H20FN3O/c22-18-8-6-17(7-9-18)19-13-20(24-23-19)21(26)25-11-10-16(14-25)12-15-4-2-1-3-5-15/h1-9,13,16H,10-12,14H2,(H,23,24). The smallest absolute Gasteiger partial charge is 0.271 e. The molecular formula is C21H20FN3O. The van der Waals surface area contributed by atoms with E-state index in [1.54, 1.807) is 18.2 Å². The Kier molecular flexibility index (Phi) is 4.52. The zero-order valence-electron chi connectivity index (χ0n) is 14.4. The first kappa shape index (κ1) is 16.5. The second-order valence-corrected chi connectivity index (χ2v) is 6.77. The lowest BCUT2D eigenvalue weighted by atomic mass is 9.99. The Labute approximate surface area is 151 Å². The van der Waals surface area contributed by atoms with E-state index in [1.807, 2.05) is 11.0 Å². The van der Waals surface area contributed by atoms with Crippen molar-refractivity contribution in [3.05, 3.63) is 77.7 Å². The zero-order valence-corrected chi connectivity index (χ0v) is 14.4. The average Bonchev–Trinajstić information content (AvgIpc) is 3.33. The van der Waals surface area contributed by atoms with Gasteiger partial charge in [0.15, 0.2) is 0 Å². The number of carbonyl (C=O) groups is 1. The highest BCUT2D eigenvalue weighted by Gasteiger charge is 2.28. The molecule has 132 valence electrons. The lowest BCUT2D eigenvalue weighted by Crippen LogP contribution is -2.29. The highest BCUT2D eigenvalue weighted by molar-refractivity contribution is 5.93. The number of hydrogen-bond donors (Lipinski definition) is 1. The van der Waals surface area contributed by atoms with Crippen molar-refractivity contribution in [2.24, 2.45) is 5.92 Å². The summed E-state index contributed by atoms with van der Waals surface area (Å²) in [4.78, 5) is 14.6. The predicted molar refractivity (Wildman–Crippen MR) is 98.1 cm³/mol. The quantitative estimate of drug-likeness (QED) is 0.776. The molecule has 1 unspecified atom stereocenters.